The molecule has 0 aliphatic carbocycles. The average molecular weight is 374 g/mol. The molecule has 4 rings (SSSR count). The van der Waals surface area contributed by atoms with Gasteiger partial charge in [0.25, 0.3) is 0 Å². The monoisotopic (exact) mass is 374 g/mol. The molecule has 1 N–H and O–H groups in total. The molecule has 2 heterocycles. The molecule has 1 atom stereocenters. The lowest BCUT2D eigenvalue weighted by Crippen LogP contribution is -2.25. The summed E-state index contributed by atoms with van der Waals surface area (Å²) < 4.78 is 15.2. The number of aromatic nitrogens is 3. The number of nitrogens with zero attached hydrogens (tertiary/aromatic N) is 3. The highest BCUT2D eigenvalue weighted by Crippen LogP contribution is 2.28. The summed E-state index contributed by atoms with van der Waals surface area (Å²) in [7, 11) is 0. The molecule has 0 spiro atoms. The highest BCUT2D eigenvalue weighted by molar-refractivity contribution is 5.77. The standard InChI is InChI=1S/C22H19FN4O/c23-18-8-6-17(7-9-18)20(16-4-2-1-3-5-16)12-22(28)26-14-19-13-25-21-15-24-10-11-27(19)21/h1-11,13,15,20H,12,14H2,(H,26,28)/t20-/m1/s1. The summed E-state index contributed by atoms with van der Waals surface area (Å²) in [5.41, 5.74) is 3.54. The second-order valence-corrected chi connectivity index (χ2v) is 6.55. The van der Waals surface area contributed by atoms with E-state index in [1.54, 1.807) is 30.7 Å². The summed E-state index contributed by atoms with van der Waals surface area (Å²) in [6.45, 7) is 0.370. The molecular formula is C22H19FN4O. The van der Waals surface area contributed by atoms with Crippen molar-refractivity contribution < 1.29 is 9.18 Å². The lowest BCUT2D eigenvalue weighted by atomic mass is 9.88. The smallest absolute Gasteiger partial charge is 0.221 e. The van der Waals surface area contributed by atoms with E-state index in [0.29, 0.717) is 6.54 Å². The third kappa shape index (κ3) is 3.91. The van der Waals surface area contributed by atoms with Gasteiger partial charge in [-0.15, -0.1) is 0 Å². The highest BCUT2D eigenvalue weighted by atomic mass is 19.1. The van der Waals surface area contributed by atoms with Crippen molar-refractivity contribution in [1.29, 1.82) is 0 Å². The van der Waals surface area contributed by atoms with Crippen molar-refractivity contribution in [3.05, 3.63) is 102 Å². The number of carbonyl (C=O) groups excluding carboxylic acids is 1. The van der Waals surface area contributed by atoms with Crippen LogP contribution in [0.15, 0.2) is 79.4 Å². The molecule has 6 heteroatoms. The number of halogens is 1. The van der Waals surface area contributed by atoms with Gasteiger partial charge in [0.15, 0.2) is 5.65 Å². The Balaban J connectivity index is 1.50. The van der Waals surface area contributed by atoms with E-state index in [1.165, 1.54) is 12.1 Å². The van der Waals surface area contributed by atoms with E-state index in [4.69, 9.17) is 0 Å². The number of hydrogen-bond donors (Lipinski definition) is 1. The predicted octanol–water partition coefficient (Wildman–Crippen LogP) is 3.71. The topological polar surface area (TPSA) is 59.3 Å². The van der Waals surface area contributed by atoms with E-state index in [-0.39, 0.29) is 24.1 Å². The van der Waals surface area contributed by atoms with Crippen molar-refractivity contribution in [2.45, 2.75) is 18.9 Å². The lowest BCUT2D eigenvalue weighted by Gasteiger charge is -2.18. The fraction of sp³-hybridized carbons (Fsp3) is 0.136. The van der Waals surface area contributed by atoms with Crippen LogP contribution in [-0.4, -0.2) is 20.3 Å². The number of imidazole rings is 1. The molecule has 0 unspecified atom stereocenters. The summed E-state index contributed by atoms with van der Waals surface area (Å²) in [6.07, 6.45) is 7.17. The molecule has 0 aliphatic heterocycles. The van der Waals surface area contributed by atoms with Crippen molar-refractivity contribution in [2.75, 3.05) is 0 Å². The van der Waals surface area contributed by atoms with Gasteiger partial charge in [0.1, 0.15) is 5.82 Å². The predicted molar refractivity (Wildman–Crippen MR) is 104 cm³/mol. The van der Waals surface area contributed by atoms with Crippen LogP contribution in [-0.2, 0) is 11.3 Å². The molecule has 0 fully saturated rings. The molecule has 0 saturated carbocycles. The second-order valence-electron chi connectivity index (χ2n) is 6.55. The Kier molecular flexibility index (Phi) is 5.10. The molecule has 0 aliphatic rings. The minimum Gasteiger partial charge on any atom is -0.350 e. The van der Waals surface area contributed by atoms with Gasteiger partial charge in [-0.05, 0) is 23.3 Å². The number of hydrogen-bond acceptors (Lipinski definition) is 3. The van der Waals surface area contributed by atoms with Crippen LogP contribution >= 0.6 is 0 Å². The van der Waals surface area contributed by atoms with E-state index in [0.717, 1.165) is 22.5 Å². The first-order valence-corrected chi connectivity index (χ1v) is 9.04. The second kappa shape index (κ2) is 8.00. The van der Waals surface area contributed by atoms with Gasteiger partial charge in [0.2, 0.25) is 5.91 Å². The Bertz CT molecular complexity index is 1080. The Hall–Kier alpha value is -3.54. The molecule has 0 radical (unpaired) electrons. The first-order valence-electron chi connectivity index (χ1n) is 9.04. The normalized spacial score (nSPS) is 12.0. The van der Waals surface area contributed by atoms with Gasteiger partial charge < -0.3 is 5.32 Å². The van der Waals surface area contributed by atoms with Crippen LogP contribution in [0.2, 0.25) is 0 Å². The van der Waals surface area contributed by atoms with Crippen LogP contribution in [0.4, 0.5) is 4.39 Å². The van der Waals surface area contributed by atoms with Crippen molar-refractivity contribution in [3.8, 4) is 0 Å². The molecule has 0 saturated heterocycles. The zero-order valence-electron chi connectivity index (χ0n) is 15.1. The Morgan fingerprint density at radius 3 is 2.57 bits per heavy atom. The average Bonchev–Trinajstić information content (AvgIpc) is 3.15. The third-order valence-electron chi connectivity index (χ3n) is 4.72. The van der Waals surface area contributed by atoms with Crippen LogP contribution < -0.4 is 5.32 Å². The summed E-state index contributed by atoms with van der Waals surface area (Å²) >= 11 is 0. The summed E-state index contributed by atoms with van der Waals surface area (Å²) in [4.78, 5) is 21.0. The molecule has 4 aromatic rings. The van der Waals surface area contributed by atoms with Gasteiger partial charge in [-0.2, -0.15) is 0 Å². The summed E-state index contributed by atoms with van der Waals surface area (Å²) in [5.74, 6) is -0.516. The van der Waals surface area contributed by atoms with E-state index >= 15 is 0 Å². The molecular weight excluding hydrogens is 355 g/mol. The zero-order valence-corrected chi connectivity index (χ0v) is 15.1. The van der Waals surface area contributed by atoms with E-state index in [2.05, 4.69) is 15.3 Å². The molecule has 140 valence electrons. The highest BCUT2D eigenvalue weighted by Gasteiger charge is 2.18. The van der Waals surface area contributed by atoms with Gasteiger partial charge in [-0.1, -0.05) is 42.5 Å². The van der Waals surface area contributed by atoms with Crippen molar-refractivity contribution in [1.82, 2.24) is 19.7 Å². The summed E-state index contributed by atoms with van der Waals surface area (Å²) in [5, 5.41) is 2.96. The van der Waals surface area contributed by atoms with Gasteiger partial charge in [0, 0.05) is 24.7 Å². The minimum absolute atomic E-state index is 0.0813. The molecule has 28 heavy (non-hydrogen) atoms. The summed E-state index contributed by atoms with van der Waals surface area (Å²) in [6, 6.07) is 16.1. The van der Waals surface area contributed by atoms with Crippen LogP contribution in [0.1, 0.15) is 29.2 Å². The van der Waals surface area contributed by atoms with Gasteiger partial charge in [-0.3, -0.25) is 14.2 Å². The number of benzene rings is 2. The molecule has 2 aromatic carbocycles. The van der Waals surface area contributed by atoms with Crippen molar-refractivity contribution in [2.24, 2.45) is 0 Å². The zero-order chi connectivity index (χ0) is 19.3. The van der Waals surface area contributed by atoms with Crippen LogP contribution in [0.25, 0.3) is 5.65 Å². The number of nitrogens with one attached hydrogen (secondary N) is 1. The number of carbonyl (C=O) groups is 1. The lowest BCUT2D eigenvalue weighted by molar-refractivity contribution is -0.121. The molecule has 0 bridgehead atoms. The SMILES string of the molecule is O=C(C[C@H](c1ccccc1)c1ccc(F)cc1)NCc1cnc2cnccn12. The number of rotatable bonds is 6. The fourth-order valence-electron chi connectivity index (χ4n) is 3.28. The Labute approximate surface area is 161 Å². The van der Waals surface area contributed by atoms with E-state index in [1.807, 2.05) is 40.9 Å². The quantitative estimate of drug-likeness (QED) is 0.560. The Morgan fingerprint density at radius 2 is 1.79 bits per heavy atom. The van der Waals surface area contributed by atoms with Gasteiger partial charge >= 0.3 is 0 Å². The largest absolute Gasteiger partial charge is 0.350 e. The minimum atomic E-state index is -0.290. The van der Waals surface area contributed by atoms with Gasteiger partial charge in [0.05, 0.1) is 24.6 Å². The van der Waals surface area contributed by atoms with Gasteiger partial charge in [-0.25, -0.2) is 9.37 Å². The fourth-order valence-corrected chi connectivity index (χ4v) is 3.28. The first-order chi connectivity index (χ1) is 13.7. The maximum atomic E-state index is 13.3. The molecule has 2 aromatic heterocycles. The maximum Gasteiger partial charge on any atom is 0.221 e. The van der Waals surface area contributed by atoms with Crippen molar-refractivity contribution >= 4 is 11.6 Å². The third-order valence-corrected chi connectivity index (χ3v) is 4.72. The Morgan fingerprint density at radius 1 is 1.04 bits per heavy atom. The van der Waals surface area contributed by atoms with E-state index in [9.17, 15) is 9.18 Å². The molecule has 1 amide bonds. The molecule has 5 nitrogen and oxygen atoms in total. The maximum absolute atomic E-state index is 13.3. The van der Waals surface area contributed by atoms with Crippen LogP contribution in [0.3, 0.4) is 0 Å². The first kappa shape index (κ1) is 17.9. The van der Waals surface area contributed by atoms with Crippen molar-refractivity contribution in [3.63, 3.8) is 0 Å². The number of fused-ring (bicyclic) bond motifs is 1. The number of amides is 1. The van der Waals surface area contributed by atoms with Crippen LogP contribution in [0, 0.1) is 5.82 Å². The van der Waals surface area contributed by atoms with E-state index < -0.39 is 0 Å². The van der Waals surface area contributed by atoms with Crippen LogP contribution in [0.5, 0.6) is 0 Å².